The van der Waals surface area contributed by atoms with E-state index in [1.54, 1.807) is 18.9 Å². The molecule has 0 aliphatic carbocycles. The Morgan fingerprint density at radius 3 is 2.59 bits per heavy atom. The molecule has 0 saturated carbocycles. The van der Waals surface area contributed by atoms with Gasteiger partial charge in [-0.1, -0.05) is 29.0 Å². The number of methoxy groups -OCH3 is 1. The zero-order valence-corrected chi connectivity index (χ0v) is 19.0. The largest absolute Gasteiger partial charge is 0.497 e. The third kappa shape index (κ3) is 5.95. The molecule has 1 aromatic heterocycles. The van der Waals surface area contributed by atoms with Gasteiger partial charge in [0.1, 0.15) is 5.75 Å². The van der Waals surface area contributed by atoms with Crippen molar-refractivity contribution in [3.8, 4) is 5.75 Å². The molecule has 0 unspecified atom stereocenters. The van der Waals surface area contributed by atoms with Gasteiger partial charge in [-0.05, 0) is 64.3 Å². The van der Waals surface area contributed by atoms with Crippen LogP contribution in [0, 0.1) is 6.92 Å². The van der Waals surface area contributed by atoms with Gasteiger partial charge in [-0.15, -0.1) is 11.8 Å². The normalized spacial score (nSPS) is 11.2. The zero-order valence-electron chi connectivity index (χ0n) is 17.3. The molecule has 0 aliphatic heterocycles. The van der Waals surface area contributed by atoms with E-state index in [-0.39, 0.29) is 5.91 Å². The number of rotatable bonds is 9. The molecule has 0 aliphatic rings. The van der Waals surface area contributed by atoms with Gasteiger partial charge in [-0.25, -0.2) is 4.98 Å². The maximum Gasteiger partial charge on any atom is 0.239 e. The predicted molar refractivity (Wildman–Crippen MR) is 124 cm³/mol. The lowest BCUT2D eigenvalue weighted by Gasteiger charge is -2.21. The molecule has 3 rings (SSSR count). The van der Waals surface area contributed by atoms with Gasteiger partial charge in [-0.3, -0.25) is 9.69 Å². The van der Waals surface area contributed by atoms with E-state index in [1.165, 1.54) is 16.9 Å². The SMILES string of the molecule is COc1ccc2nc(N(CCCN(C)C)C(=O)CSc3ccc(C)cc3)sc2c1. The number of aromatic nitrogens is 1. The Labute approximate surface area is 180 Å². The van der Waals surface area contributed by atoms with Crippen molar-refractivity contribution in [1.29, 1.82) is 0 Å². The Balaban J connectivity index is 1.77. The number of hydrogen-bond donors (Lipinski definition) is 0. The van der Waals surface area contributed by atoms with Crippen LogP contribution in [0.15, 0.2) is 47.4 Å². The number of carbonyl (C=O) groups excluding carboxylic acids is 1. The van der Waals surface area contributed by atoms with Crippen molar-refractivity contribution in [3.63, 3.8) is 0 Å². The second-order valence-electron chi connectivity index (χ2n) is 7.13. The van der Waals surface area contributed by atoms with E-state index < -0.39 is 0 Å². The first-order chi connectivity index (χ1) is 14.0. The van der Waals surface area contributed by atoms with Gasteiger partial charge in [-0.2, -0.15) is 0 Å². The number of thioether (sulfide) groups is 1. The molecule has 1 heterocycles. The molecular formula is C22H27N3O2S2. The molecule has 0 spiro atoms. The lowest BCUT2D eigenvalue weighted by atomic mass is 10.2. The van der Waals surface area contributed by atoms with E-state index in [4.69, 9.17) is 9.72 Å². The van der Waals surface area contributed by atoms with Crippen molar-refractivity contribution in [2.75, 3.05) is 44.9 Å². The molecule has 0 fully saturated rings. The van der Waals surface area contributed by atoms with E-state index in [9.17, 15) is 4.79 Å². The average molecular weight is 430 g/mol. The number of carbonyl (C=O) groups is 1. The van der Waals surface area contributed by atoms with Crippen LogP contribution in [0.4, 0.5) is 5.13 Å². The number of hydrogen-bond acceptors (Lipinski definition) is 6. The zero-order chi connectivity index (χ0) is 20.8. The number of anilines is 1. The summed E-state index contributed by atoms with van der Waals surface area (Å²) in [5.41, 5.74) is 2.11. The smallest absolute Gasteiger partial charge is 0.239 e. The lowest BCUT2D eigenvalue weighted by Crippen LogP contribution is -2.34. The summed E-state index contributed by atoms with van der Waals surface area (Å²) >= 11 is 3.10. The third-order valence-corrected chi connectivity index (χ3v) is 6.52. The summed E-state index contributed by atoms with van der Waals surface area (Å²) in [5.74, 6) is 1.28. The van der Waals surface area contributed by atoms with Gasteiger partial charge < -0.3 is 9.64 Å². The molecule has 7 heteroatoms. The summed E-state index contributed by atoms with van der Waals surface area (Å²) in [4.78, 5) is 22.9. The minimum Gasteiger partial charge on any atom is -0.497 e. The minimum absolute atomic E-state index is 0.0837. The summed E-state index contributed by atoms with van der Waals surface area (Å²) in [6.07, 6.45) is 0.896. The van der Waals surface area contributed by atoms with E-state index in [0.717, 1.165) is 39.0 Å². The summed E-state index contributed by atoms with van der Waals surface area (Å²) in [6.45, 7) is 3.64. The van der Waals surface area contributed by atoms with Gasteiger partial charge in [0.25, 0.3) is 0 Å². The summed E-state index contributed by atoms with van der Waals surface area (Å²) < 4.78 is 6.34. The molecule has 2 aromatic carbocycles. The van der Waals surface area contributed by atoms with Crippen molar-refractivity contribution < 1.29 is 9.53 Å². The van der Waals surface area contributed by atoms with Crippen molar-refractivity contribution in [2.24, 2.45) is 0 Å². The Bertz CT molecular complexity index is 954. The quantitative estimate of drug-likeness (QED) is 0.462. The Morgan fingerprint density at radius 2 is 1.90 bits per heavy atom. The number of nitrogens with zero attached hydrogens (tertiary/aromatic N) is 3. The Hall–Kier alpha value is -2.09. The molecule has 5 nitrogen and oxygen atoms in total. The van der Waals surface area contributed by atoms with E-state index in [1.807, 2.05) is 37.2 Å². The molecule has 0 bridgehead atoms. The molecule has 0 saturated heterocycles. The first-order valence-electron chi connectivity index (χ1n) is 9.55. The van der Waals surface area contributed by atoms with Crippen molar-refractivity contribution >= 4 is 44.4 Å². The van der Waals surface area contributed by atoms with Gasteiger partial charge in [0.2, 0.25) is 5.91 Å². The molecular weight excluding hydrogens is 402 g/mol. The molecule has 3 aromatic rings. The van der Waals surface area contributed by atoms with Crippen LogP contribution in [0.25, 0.3) is 10.2 Å². The Morgan fingerprint density at radius 1 is 1.14 bits per heavy atom. The number of fused-ring (bicyclic) bond motifs is 1. The fourth-order valence-electron chi connectivity index (χ4n) is 2.86. The highest BCUT2D eigenvalue weighted by Gasteiger charge is 2.20. The number of ether oxygens (including phenoxy) is 1. The van der Waals surface area contributed by atoms with Gasteiger partial charge in [0.05, 0.1) is 23.1 Å². The summed E-state index contributed by atoms with van der Waals surface area (Å²) in [6, 6.07) is 14.1. The van der Waals surface area contributed by atoms with Gasteiger partial charge in [0.15, 0.2) is 5.13 Å². The lowest BCUT2D eigenvalue weighted by molar-refractivity contribution is -0.116. The van der Waals surface area contributed by atoms with E-state index in [2.05, 4.69) is 36.1 Å². The standard InChI is InChI=1S/C22H27N3O2S2/c1-16-6-9-18(10-7-16)28-15-21(26)25(13-5-12-24(2)3)22-23-19-11-8-17(27-4)14-20(19)29-22/h6-11,14H,5,12-13,15H2,1-4H3. The highest BCUT2D eigenvalue weighted by atomic mass is 32.2. The van der Waals surface area contributed by atoms with Crippen LogP contribution in [0.3, 0.4) is 0 Å². The molecule has 1 amide bonds. The Kier molecular flexibility index (Phi) is 7.52. The average Bonchev–Trinajstić information content (AvgIpc) is 3.13. The molecule has 154 valence electrons. The minimum atomic E-state index is 0.0837. The second kappa shape index (κ2) is 10.1. The highest BCUT2D eigenvalue weighted by molar-refractivity contribution is 8.00. The fraction of sp³-hybridized carbons (Fsp3) is 0.364. The maximum absolute atomic E-state index is 13.1. The van der Waals surface area contributed by atoms with Crippen molar-refractivity contribution in [2.45, 2.75) is 18.2 Å². The van der Waals surface area contributed by atoms with Crippen molar-refractivity contribution in [1.82, 2.24) is 9.88 Å². The van der Waals surface area contributed by atoms with Gasteiger partial charge >= 0.3 is 0 Å². The first-order valence-corrected chi connectivity index (χ1v) is 11.4. The van der Waals surface area contributed by atoms with Crippen LogP contribution in [-0.2, 0) is 4.79 Å². The predicted octanol–water partition coefficient (Wildman–Crippen LogP) is 4.69. The van der Waals surface area contributed by atoms with Crippen molar-refractivity contribution in [3.05, 3.63) is 48.0 Å². The van der Waals surface area contributed by atoms with E-state index in [0.29, 0.717) is 12.3 Å². The topological polar surface area (TPSA) is 45.7 Å². The monoisotopic (exact) mass is 429 g/mol. The number of thiazole rings is 1. The number of amides is 1. The van der Waals surface area contributed by atoms with E-state index >= 15 is 0 Å². The van der Waals surface area contributed by atoms with Gasteiger partial charge in [0, 0.05) is 11.4 Å². The second-order valence-corrected chi connectivity index (χ2v) is 9.19. The van der Waals surface area contributed by atoms with Crippen LogP contribution in [0.1, 0.15) is 12.0 Å². The summed E-state index contributed by atoms with van der Waals surface area (Å²) in [7, 11) is 5.75. The number of benzene rings is 2. The molecule has 0 radical (unpaired) electrons. The number of aryl methyl sites for hydroxylation is 1. The highest BCUT2D eigenvalue weighted by Crippen LogP contribution is 2.32. The van der Waals surface area contributed by atoms with Crippen LogP contribution >= 0.6 is 23.1 Å². The third-order valence-electron chi connectivity index (χ3n) is 4.49. The van der Waals surface area contributed by atoms with Crippen LogP contribution in [-0.4, -0.2) is 55.8 Å². The van der Waals surface area contributed by atoms with Crippen LogP contribution < -0.4 is 9.64 Å². The summed E-state index contributed by atoms with van der Waals surface area (Å²) in [5, 5.41) is 0.751. The fourth-order valence-corrected chi connectivity index (χ4v) is 4.68. The molecule has 0 atom stereocenters. The maximum atomic E-state index is 13.1. The first kappa shape index (κ1) is 21.6. The molecule has 29 heavy (non-hydrogen) atoms. The van der Waals surface area contributed by atoms with Crippen LogP contribution in [0.2, 0.25) is 0 Å². The molecule has 0 N–H and O–H groups in total. The van der Waals surface area contributed by atoms with Crippen LogP contribution in [0.5, 0.6) is 5.75 Å².